The summed E-state index contributed by atoms with van der Waals surface area (Å²) < 4.78 is 9.23. The largest absolute Gasteiger partial charge is 0.465 e. The quantitative estimate of drug-likeness (QED) is 0.278. The van der Waals surface area contributed by atoms with Crippen LogP contribution in [0.2, 0.25) is 0 Å². The number of benzene rings is 3. The molecule has 9 heteroatoms. The first-order valence-corrected chi connectivity index (χ1v) is 14.9. The summed E-state index contributed by atoms with van der Waals surface area (Å²) >= 11 is 1.29. The maximum Gasteiger partial charge on any atom is 0.325 e. The number of para-hydroxylation sites is 2. The number of hydrogen-bond donors (Lipinski definition) is 1. The molecule has 2 aromatic heterocycles. The highest BCUT2D eigenvalue weighted by molar-refractivity contribution is 7.07. The van der Waals surface area contributed by atoms with Crippen molar-refractivity contribution in [1.29, 1.82) is 0 Å². The van der Waals surface area contributed by atoms with E-state index in [2.05, 4.69) is 5.32 Å². The van der Waals surface area contributed by atoms with Crippen LogP contribution >= 0.6 is 11.3 Å². The van der Waals surface area contributed by atoms with Crippen LogP contribution in [0, 0.1) is 6.92 Å². The summed E-state index contributed by atoms with van der Waals surface area (Å²) in [5.74, 6) is -0.634. The van der Waals surface area contributed by atoms with Crippen molar-refractivity contribution in [3.05, 3.63) is 133 Å². The van der Waals surface area contributed by atoms with Crippen LogP contribution in [-0.4, -0.2) is 27.6 Å². The van der Waals surface area contributed by atoms with Gasteiger partial charge in [-0.15, -0.1) is 0 Å². The molecule has 8 nitrogen and oxygen atoms in total. The SMILES string of the molecule is CCOC(=O)Cn1c(C)c(/C=c2\sc3n(c2=O)[C@H](c2ccccc2)C(C(=O)Nc2ccccc2)=C(C)N=3)c2ccccc21. The maximum atomic E-state index is 14.2. The normalized spacial score (nSPS) is 14.9. The Hall–Kier alpha value is -5.02. The van der Waals surface area contributed by atoms with Crippen LogP contribution in [0.5, 0.6) is 0 Å². The molecule has 0 radical (unpaired) electrons. The van der Waals surface area contributed by atoms with Gasteiger partial charge in [0, 0.05) is 27.8 Å². The van der Waals surface area contributed by atoms with E-state index < -0.39 is 6.04 Å². The molecule has 0 bridgehead atoms. The summed E-state index contributed by atoms with van der Waals surface area (Å²) in [5, 5.41) is 3.90. The molecule has 3 aromatic carbocycles. The summed E-state index contributed by atoms with van der Waals surface area (Å²) in [4.78, 5) is 45.6. The molecule has 216 valence electrons. The lowest BCUT2D eigenvalue weighted by Crippen LogP contribution is -2.40. The van der Waals surface area contributed by atoms with Gasteiger partial charge in [-0.3, -0.25) is 19.0 Å². The topological polar surface area (TPSA) is 94.7 Å². The predicted octanol–water partition coefficient (Wildman–Crippen LogP) is 4.70. The number of carbonyl (C=O) groups is 2. The fourth-order valence-corrected chi connectivity index (χ4v) is 6.62. The molecule has 1 aliphatic rings. The molecule has 0 saturated heterocycles. The van der Waals surface area contributed by atoms with E-state index in [1.54, 1.807) is 18.4 Å². The fraction of sp³-hybridized carbons (Fsp3) is 0.176. The average molecular weight is 591 g/mol. The second-order valence-electron chi connectivity index (χ2n) is 10.2. The lowest BCUT2D eigenvalue weighted by atomic mass is 9.95. The standard InChI is InChI=1S/C34H30N4O4S/c1-4-42-29(39)20-37-22(3)26(25-17-11-12-18-27(25)37)19-28-33(41)38-31(23-13-7-5-8-14-23)30(21(2)35-34(38)43-28)32(40)36-24-15-9-6-10-16-24/h5-19,31H,4,20H2,1-3H3,(H,36,40)/b28-19-/t31-/m1/s1. The number of esters is 1. The van der Waals surface area contributed by atoms with Crippen molar-refractivity contribution < 1.29 is 14.3 Å². The summed E-state index contributed by atoms with van der Waals surface area (Å²) in [6, 6.07) is 25.9. The average Bonchev–Trinajstić information content (AvgIpc) is 3.45. The molecule has 1 amide bonds. The molecule has 1 N–H and O–H groups in total. The highest BCUT2D eigenvalue weighted by atomic mass is 32.1. The number of amides is 1. The Bertz CT molecular complexity index is 2070. The number of nitrogens with one attached hydrogen (secondary N) is 1. The zero-order valence-electron chi connectivity index (χ0n) is 24.0. The second-order valence-corrected chi connectivity index (χ2v) is 11.2. The number of carbonyl (C=O) groups excluding carboxylic acids is 2. The van der Waals surface area contributed by atoms with Crippen molar-refractivity contribution in [2.75, 3.05) is 11.9 Å². The first kappa shape index (κ1) is 28.1. The Labute approximate surface area is 251 Å². The van der Waals surface area contributed by atoms with Gasteiger partial charge in [0.1, 0.15) is 6.54 Å². The molecule has 0 fully saturated rings. The number of aromatic nitrogens is 2. The molecule has 6 rings (SSSR count). The van der Waals surface area contributed by atoms with Gasteiger partial charge in [0.25, 0.3) is 11.5 Å². The van der Waals surface area contributed by atoms with Crippen LogP contribution < -0.4 is 20.2 Å². The monoisotopic (exact) mass is 590 g/mol. The Kier molecular flexibility index (Phi) is 7.65. The van der Waals surface area contributed by atoms with Crippen LogP contribution in [0.25, 0.3) is 17.0 Å². The minimum Gasteiger partial charge on any atom is -0.465 e. The van der Waals surface area contributed by atoms with E-state index >= 15 is 0 Å². The molecular weight excluding hydrogens is 560 g/mol. The van der Waals surface area contributed by atoms with Gasteiger partial charge in [0.2, 0.25) is 0 Å². The molecule has 0 spiro atoms. The molecule has 43 heavy (non-hydrogen) atoms. The van der Waals surface area contributed by atoms with Crippen molar-refractivity contribution in [2.45, 2.75) is 33.4 Å². The third-order valence-electron chi connectivity index (χ3n) is 7.56. The van der Waals surface area contributed by atoms with Crippen LogP contribution in [-0.2, 0) is 20.9 Å². The molecule has 1 atom stereocenters. The maximum absolute atomic E-state index is 14.2. The van der Waals surface area contributed by atoms with Gasteiger partial charge < -0.3 is 14.6 Å². The van der Waals surface area contributed by atoms with Crippen LogP contribution in [0.4, 0.5) is 5.69 Å². The first-order chi connectivity index (χ1) is 20.9. The second kappa shape index (κ2) is 11.7. The summed E-state index contributed by atoms with van der Waals surface area (Å²) in [5.41, 5.74) is 4.77. The molecule has 0 unspecified atom stereocenters. The van der Waals surface area contributed by atoms with E-state index in [0.717, 1.165) is 27.7 Å². The van der Waals surface area contributed by atoms with Crippen LogP contribution in [0.1, 0.15) is 36.7 Å². The van der Waals surface area contributed by atoms with E-state index in [1.807, 2.05) is 102 Å². The Morgan fingerprint density at radius 2 is 1.65 bits per heavy atom. The third-order valence-corrected chi connectivity index (χ3v) is 8.54. The van der Waals surface area contributed by atoms with E-state index in [9.17, 15) is 14.4 Å². The Balaban J connectivity index is 1.51. The van der Waals surface area contributed by atoms with Gasteiger partial charge in [-0.1, -0.05) is 78.1 Å². The minimum absolute atomic E-state index is 0.0718. The lowest BCUT2D eigenvalue weighted by molar-refractivity contribution is -0.143. The highest BCUT2D eigenvalue weighted by Gasteiger charge is 2.32. The van der Waals surface area contributed by atoms with Crippen LogP contribution in [0.15, 0.2) is 106 Å². The van der Waals surface area contributed by atoms with Gasteiger partial charge in [-0.05, 0) is 50.6 Å². The molecule has 3 heterocycles. The number of anilines is 1. The van der Waals surface area contributed by atoms with Crippen molar-refractivity contribution >= 4 is 45.9 Å². The number of fused-ring (bicyclic) bond motifs is 2. The molecule has 1 aliphatic heterocycles. The fourth-order valence-electron chi connectivity index (χ4n) is 5.59. The van der Waals surface area contributed by atoms with E-state index in [0.29, 0.717) is 32.9 Å². The molecule has 0 saturated carbocycles. The lowest BCUT2D eigenvalue weighted by Gasteiger charge is -2.25. The summed E-state index contributed by atoms with van der Waals surface area (Å²) in [7, 11) is 0. The number of rotatable bonds is 7. The van der Waals surface area contributed by atoms with Gasteiger partial charge in [-0.2, -0.15) is 0 Å². The Morgan fingerprint density at radius 3 is 2.37 bits per heavy atom. The summed E-state index contributed by atoms with van der Waals surface area (Å²) in [6.07, 6.45) is 1.87. The van der Waals surface area contributed by atoms with E-state index in [1.165, 1.54) is 11.3 Å². The van der Waals surface area contributed by atoms with Gasteiger partial charge >= 0.3 is 5.97 Å². The van der Waals surface area contributed by atoms with Crippen LogP contribution in [0.3, 0.4) is 0 Å². The van der Waals surface area contributed by atoms with Gasteiger partial charge in [0.05, 0.1) is 28.5 Å². The first-order valence-electron chi connectivity index (χ1n) is 14.0. The zero-order valence-corrected chi connectivity index (χ0v) is 24.9. The van der Waals surface area contributed by atoms with Crippen molar-refractivity contribution in [3.63, 3.8) is 0 Å². The molecule has 5 aromatic rings. The number of thiazole rings is 1. The smallest absolute Gasteiger partial charge is 0.325 e. The highest BCUT2D eigenvalue weighted by Crippen LogP contribution is 2.31. The van der Waals surface area contributed by atoms with E-state index in [4.69, 9.17) is 9.73 Å². The van der Waals surface area contributed by atoms with Crippen molar-refractivity contribution in [1.82, 2.24) is 9.13 Å². The predicted molar refractivity (Wildman–Crippen MR) is 169 cm³/mol. The number of allylic oxidation sites excluding steroid dienone is 1. The van der Waals surface area contributed by atoms with E-state index in [-0.39, 0.29) is 24.0 Å². The van der Waals surface area contributed by atoms with Gasteiger partial charge in [-0.25, -0.2) is 4.99 Å². The molecule has 0 aliphatic carbocycles. The minimum atomic E-state index is -0.658. The number of ether oxygens (including phenoxy) is 1. The molecular formula is C34H30N4O4S. The van der Waals surface area contributed by atoms with Crippen molar-refractivity contribution in [3.8, 4) is 0 Å². The summed E-state index contributed by atoms with van der Waals surface area (Å²) in [6.45, 7) is 5.90. The number of hydrogen-bond acceptors (Lipinski definition) is 6. The Morgan fingerprint density at radius 1 is 0.977 bits per heavy atom. The number of nitrogens with zero attached hydrogens (tertiary/aromatic N) is 3. The zero-order chi connectivity index (χ0) is 30.1. The third kappa shape index (κ3) is 5.23. The van der Waals surface area contributed by atoms with Gasteiger partial charge in [0.15, 0.2) is 4.80 Å². The van der Waals surface area contributed by atoms with Crippen molar-refractivity contribution in [2.24, 2.45) is 4.99 Å².